The van der Waals surface area contributed by atoms with Gasteiger partial charge in [-0.25, -0.2) is 0 Å². The number of hydrogen-bond donors (Lipinski definition) is 1. The fourth-order valence-corrected chi connectivity index (χ4v) is 3.74. The van der Waals surface area contributed by atoms with E-state index in [2.05, 4.69) is 15.5 Å². The Labute approximate surface area is 173 Å². The molecule has 0 saturated carbocycles. The Bertz CT molecular complexity index is 959. The van der Waals surface area contributed by atoms with Crippen LogP contribution < -0.4 is 10.1 Å². The highest BCUT2D eigenvalue weighted by Crippen LogP contribution is 2.28. The van der Waals surface area contributed by atoms with Gasteiger partial charge >= 0.3 is 0 Å². The Morgan fingerprint density at radius 1 is 1.25 bits per heavy atom. The molecule has 2 aromatic carbocycles. The van der Waals surface area contributed by atoms with Crippen LogP contribution in [0.25, 0.3) is 11.4 Å². The lowest BCUT2D eigenvalue weighted by atomic mass is 10.2. The zero-order chi connectivity index (χ0) is 20.1. The average Bonchev–Trinajstić information content (AvgIpc) is 3.10. The summed E-state index contributed by atoms with van der Waals surface area (Å²) < 4.78 is 7.20. The molecule has 1 heterocycles. The van der Waals surface area contributed by atoms with Gasteiger partial charge in [-0.05, 0) is 56.3 Å². The molecule has 1 N–H and O–H groups in total. The second-order valence-corrected chi connectivity index (χ2v) is 7.78. The summed E-state index contributed by atoms with van der Waals surface area (Å²) >= 11 is 7.34. The fourth-order valence-electron chi connectivity index (χ4n) is 2.64. The van der Waals surface area contributed by atoms with E-state index in [0.29, 0.717) is 22.4 Å². The van der Waals surface area contributed by atoms with Crippen molar-refractivity contribution >= 4 is 35.0 Å². The smallest absolute Gasteiger partial charge is 0.237 e. The van der Waals surface area contributed by atoms with Crippen LogP contribution in [0.1, 0.15) is 13.8 Å². The molecule has 146 valence electrons. The van der Waals surface area contributed by atoms with Crippen LogP contribution in [-0.2, 0) is 11.3 Å². The van der Waals surface area contributed by atoms with Crippen molar-refractivity contribution in [2.24, 2.45) is 0 Å². The van der Waals surface area contributed by atoms with Crippen molar-refractivity contribution in [3.63, 3.8) is 0 Å². The minimum atomic E-state index is -0.350. The molecule has 6 nitrogen and oxygen atoms in total. The van der Waals surface area contributed by atoms with Crippen molar-refractivity contribution in [3.05, 3.63) is 53.6 Å². The summed E-state index contributed by atoms with van der Waals surface area (Å²) in [7, 11) is 1.63. The van der Waals surface area contributed by atoms with Gasteiger partial charge in [-0.1, -0.05) is 29.4 Å². The molecule has 0 saturated heterocycles. The van der Waals surface area contributed by atoms with Gasteiger partial charge in [0.05, 0.1) is 12.4 Å². The summed E-state index contributed by atoms with van der Waals surface area (Å²) in [6.07, 6.45) is 0. The standard InChI is InChI=1S/C20H21ClN4O2S/c1-4-25-18(14-8-10-17(27-3)11-9-14)23-24-20(25)28-13(2)19(26)22-16-7-5-6-15(21)12-16/h5-13H,4H2,1-3H3,(H,22,26)/t13-/m1/s1. The maximum atomic E-state index is 12.5. The van der Waals surface area contributed by atoms with E-state index < -0.39 is 0 Å². The predicted octanol–water partition coefficient (Wildman–Crippen LogP) is 4.75. The Hall–Kier alpha value is -2.51. The van der Waals surface area contributed by atoms with E-state index in [1.54, 1.807) is 31.4 Å². The Morgan fingerprint density at radius 2 is 2.00 bits per heavy atom. The van der Waals surface area contributed by atoms with Gasteiger partial charge in [0.1, 0.15) is 5.75 Å². The SMILES string of the molecule is CCn1c(S[C@H](C)C(=O)Nc2cccc(Cl)c2)nnc1-c1ccc(OC)cc1. The molecule has 0 bridgehead atoms. The van der Waals surface area contributed by atoms with Crippen molar-refractivity contribution in [2.75, 3.05) is 12.4 Å². The van der Waals surface area contributed by atoms with Crippen LogP contribution in [-0.4, -0.2) is 33.0 Å². The van der Waals surface area contributed by atoms with Gasteiger partial charge in [-0.2, -0.15) is 0 Å². The number of benzene rings is 2. The Morgan fingerprint density at radius 3 is 2.64 bits per heavy atom. The van der Waals surface area contributed by atoms with Gasteiger partial charge in [-0.15, -0.1) is 10.2 Å². The zero-order valence-corrected chi connectivity index (χ0v) is 17.4. The lowest BCUT2D eigenvalue weighted by Crippen LogP contribution is -2.22. The number of amides is 1. The highest BCUT2D eigenvalue weighted by Gasteiger charge is 2.20. The number of thioether (sulfide) groups is 1. The third-order valence-electron chi connectivity index (χ3n) is 4.12. The summed E-state index contributed by atoms with van der Waals surface area (Å²) in [4.78, 5) is 12.5. The van der Waals surface area contributed by atoms with E-state index in [9.17, 15) is 4.79 Å². The summed E-state index contributed by atoms with van der Waals surface area (Å²) in [5.74, 6) is 1.42. The number of halogens is 1. The van der Waals surface area contributed by atoms with Crippen molar-refractivity contribution in [1.29, 1.82) is 0 Å². The Balaban J connectivity index is 1.74. The van der Waals surface area contributed by atoms with Gasteiger partial charge in [0.25, 0.3) is 0 Å². The predicted molar refractivity (Wildman–Crippen MR) is 113 cm³/mol. The first-order chi connectivity index (χ1) is 13.5. The number of nitrogens with one attached hydrogen (secondary N) is 1. The summed E-state index contributed by atoms with van der Waals surface area (Å²) in [5.41, 5.74) is 1.61. The van der Waals surface area contributed by atoms with Gasteiger partial charge in [0, 0.05) is 22.8 Å². The molecule has 0 fully saturated rings. The van der Waals surface area contributed by atoms with Crippen molar-refractivity contribution in [3.8, 4) is 17.1 Å². The summed E-state index contributed by atoms with van der Waals surface area (Å²) in [6, 6.07) is 14.7. The maximum Gasteiger partial charge on any atom is 0.237 e. The minimum Gasteiger partial charge on any atom is -0.497 e. The lowest BCUT2D eigenvalue weighted by molar-refractivity contribution is -0.115. The molecule has 8 heteroatoms. The van der Waals surface area contributed by atoms with Crippen LogP contribution in [0, 0.1) is 0 Å². The molecule has 1 atom stereocenters. The largest absolute Gasteiger partial charge is 0.497 e. The van der Waals surface area contributed by atoms with E-state index in [1.807, 2.05) is 42.7 Å². The Kier molecular flexibility index (Phi) is 6.59. The molecule has 0 aliphatic carbocycles. The van der Waals surface area contributed by atoms with Gasteiger partial charge in [-0.3, -0.25) is 4.79 Å². The van der Waals surface area contributed by atoms with E-state index >= 15 is 0 Å². The highest BCUT2D eigenvalue weighted by atomic mass is 35.5. The quantitative estimate of drug-likeness (QED) is 0.563. The highest BCUT2D eigenvalue weighted by molar-refractivity contribution is 8.00. The van der Waals surface area contributed by atoms with Crippen LogP contribution in [0.15, 0.2) is 53.7 Å². The molecule has 0 aliphatic heterocycles. The van der Waals surface area contributed by atoms with Crippen molar-refractivity contribution in [2.45, 2.75) is 30.8 Å². The summed E-state index contributed by atoms with van der Waals surface area (Å²) in [6.45, 7) is 4.56. The van der Waals surface area contributed by atoms with Crippen LogP contribution >= 0.6 is 23.4 Å². The number of rotatable bonds is 7. The monoisotopic (exact) mass is 416 g/mol. The minimum absolute atomic E-state index is 0.121. The van der Waals surface area contributed by atoms with E-state index in [4.69, 9.17) is 16.3 Å². The normalized spacial score (nSPS) is 11.9. The number of ether oxygens (including phenoxy) is 1. The second kappa shape index (κ2) is 9.12. The average molecular weight is 417 g/mol. The lowest BCUT2D eigenvalue weighted by Gasteiger charge is -2.13. The van der Waals surface area contributed by atoms with Gasteiger partial charge in [0.15, 0.2) is 11.0 Å². The molecule has 1 amide bonds. The van der Waals surface area contributed by atoms with Crippen LogP contribution in [0.5, 0.6) is 5.75 Å². The number of carbonyl (C=O) groups is 1. The first-order valence-corrected chi connectivity index (χ1v) is 10.1. The molecule has 3 aromatic rings. The van der Waals surface area contributed by atoms with Crippen molar-refractivity contribution in [1.82, 2.24) is 14.8 Å². The second-order valence-electron chi connectivity index (χ2n) is 6.04. The van der Waals surface area contributed by atoms with Gasteiger partial charge in [0.2, 0.25) is 5.91 Å². The van der Waals surface area contributed by atoms with E-state index in [0.717, 1.165) is 17.1 Å². The number of aromatic nitrogens is 3. The molecule has 0 aliphatic rings. The van der Waals surface area contributed by atoms with E-state index in [1.165, 1.54) is 11.8 Å². The molecule has 0 unspecified atom stereocenters. The first-order valence-electron chi connectivity index (χ1n) is 8.82. The maximum absolute atomic E-state index is 12.5. The molecule has 28 heavy (non-hydrogen) atoms. The van der Waals surface area contributed by atoms with Crippen LogP contribution in [0.4, 0.5) is 5.69 Å². The molecule has 1 aromatic heterocycles. The molecule has 0 spiro atoms. The number of carbonyl (C=O) groups excluding carboxylic acids is 1. The zero-order valence-electron chi connectivity index (χ0n) is 15.8. The molecular weight excluding hydrogens is 396 g/mol. The third kappa shape index (κ3) is 4.66. The van der Waals surface area contributed by atoms with Crippen molar-refractivity contribution < 1.29 is 9.53 Å². The number of hydrogen-bond acceptors (Lipinski definition) is 5. The number of anilines is 1. The third-order valence-corrected chi connectivity index (χ3v) is 5.44. The fraction of sp³-hybridized carbons (Fsp3) is 0.250. The summed E-state index contributed by atoms with van der Waals surface area (Å²) in [5, 5.41) is 12.4. The van der Waals surface area contributed by atoms with E-state index in [-0.39, 0.29) is 11.2 Å². The van der Waals surface area contributed by atoms with Crippen LogP contribution in [0.3, 0.4) is 0 Å². The number of nitrogens with zero attached hydrogens (tertiary/aromatic N) is 3. The number of methoxy groups -OCH3 is 1. The van der Waals surface area contributed by atoms with Crippen LogP contribution in [0.2, 0.25) is 5.02 Å². The van der Waals surface area contributed by atoms with Gasteiger partial charge < -0.3 is 14.6 Å². The topological polar surface area (TPSA) is 69.0 Å². The molecule has 0 radical (unpaired) electrons. The first kappa shape index (κ1) is 20.2. The molecule has 3 rings (SSSR count). The molecular formula is C20H21ClN4O2S.